The maximum absolute atomic E-state index is 5.90. The van der Waals surface area contributed by atoms with Gasteiger partial charge in [0.2, 0.25) is 0 Å². The molecule has 0 bridgehead atoms. The number of allylic oxidation sites excluding steroid dienone is 1. The Hall–Kier alpha value is -2.46. The van der Waals surface area contributed by atoms with Crippen LogP contribution < -0.4 is 14.4 Å². The first-order valence-corrected chi connectivity index (χ1v) is 11.0. The number of anilines is 1. The summed E-state index contributed by atoms with van der Waals surface area (Å²) in [5, 5.41) is 0. The number of ether oxygens (including phenoxy) is 2. The average Bonchev–Trinajstić information content (AvgIpc) is 3.20. The topological polar surface area (TPSA) is 24.9 Å². The Bertz CT molecular complexity index is 871. The van der Waals surface area contributed by atoms with E-state index in [9.17, 15) is 0 Å². The summed E-state index contributed by atoms with van der Waals surface area (Å²) in [5.41, 5.74) is 4.26. The predicted octanol–water partition coefficient (Wildman–Crippen LogP) is 4.26. The van der Waals surface area contributed by atoms with Crippen molar-refractivity contribution in [2.45, 2.75) is 25.2 Å². The van der Waals surface area contributed by atoms with Crippen molar-refractivity contribution in [1.29, 1.82) is 0 Å². The van der Waals surface area contributed by atoms with Gasteiger partial charge in [0.1, 0.15) is 13.2 Å². The molecule has 0 N–H and O–H groups in total. The van der Waals surface area contributed by atoms with Gasteiger partial charge in [-0.05, 0) is 42.5 Å². The summed E-state index contributed by atoms with van der Waals surface area (Å²) in [6, 6.07) is 15.1. The second-order valence-corrected chi connectivity index (χ2v) is 8.19. The Kier molecular flexibility index (Phi) is 5.44. The minimum absolute atomic E-state index is 0.620. The highest BCUT2D eigenvalue weighted by atomic mass is 16.6. The van der Waals surface area contributed by atoms with Crippen molar-refractivity contribution in [2.24, 2.45) is 0 Å². The van der Waals surface area contributed by atoms with Crippen LogP contribution in [0, 0.1) is 0 Å². The summed E-state index contributed by atoms with van der Waals surface area (Å²) in [6.07, 6.45) is 8.47. The first kappa shape index (κ1) is 18.6. The van der Waals surface area contributed by atoms with E-state index >= 15 is 0 Å². The summed E-state index contributed by atoms with van der Waals surface area (Å²) >= 11 is 0. The van der Waals surface area contributed by atoms with Crippen LogP contribution in [-0.2, 0) is 6.42 Å². The summed E-state index contributed by atoms with van der Waals surface area (Å²) in [4.78, 5) is 5.02. The number of aryl methyl sites for hydroxylation is 1. The van der Waals surface area contributed by atoms with Gasteiger partial charge in [-0.25, -0.2) is 0 Å². The Morgan fingerprint density at radius 2 is 1.79 bits per heavy atom. The van der Waals surface area contributed by atoms with Crippen LogP contribution in [0.4, 0.5) is 5.69 Å². The lowest BCUT2D eigenvalue weighted by Crippen LogP contribution is -2.46. The van der Waals surface area contributed by atoms with Crippen molar-refractivity contribution in [3.63, 3.8) is 0 Å². The third kappa shape index (κ3) is 3.99. The summed E-state index contributed by atoms with van der Waals surface area (Å²) in [6.45, 7) is 6.71. The zero-order valence-corrected chi connectivity index (χ0v) is 17.1. The normalized spacial score (nSPS) is 21.5. The third-order valence-corrected chi connectivity index (χ3v) is 6.42. The van der Waals surface area contributed by atoms with Crippen molar-refractivity contribution in [2.75, 3.05) is 50.8 Å². The standard InChI is InChI=1S/C25H30N2O2/c1-2-8-22-20(6-1)11-12-21(22)7-3-4-13-26-14-16-27(17-15-26)23-9-5-10-24-25(23)29-19-18-28-24/h1-3,5-10,21H,4,11-19H2/t21-/m0/s1. The van der Waals surface area contributed by atoms with E-state index in [1.54, 1.807) is 0 Å². The van der Waals surface area contributed by atoms with Crippen molar-refractivity contribution in [3.8, 4) is 11.5 Å². The van der Waals surface area contributed by atoms with Gasteiger partial charge in [0.25, 0.3) is 0 Å². The zero-order valence-electron chi connectivity index (χ0n) is 17.1. The lowest BCUT2D eigenvalue weighted by atomic mass is 10.0. The zero-order chi connectivity index (χ0) is 19.5. The van der Waals surface area contributed by atoms with E-state index in [0.29, 0.717) is 19.1 Å². The molecule has 1 aliphatic carbocycles. The van der Waals surface area contributed by atoms with Gasteiger partial charge in [0.05, 0.1) is 5.69 Å². The van der Waals surface area contributed by atoms with E-state index in [1.165, 1.54) is 29.7 Å². The van der Waals surface area contributed by atoms with E-state index in [0.717, 1.165) is 50.6 Å². The molecule has 0 spiro atoms. The molecule has 0 unspecified atom stereocenters. The fraction of sp³-hybridized carbons (Fsp3) is 0.440. The highest BCUT2D eigenvalue weighted by Gasteiger charge is 2.23. The quantitative estimate of drug-likeness (QED) is 0.713. The number of rotatable bonds is 5. The number of hydrogen-bond donors (Lipinski definition) is 0. The van der Waals surface area contributed by atoms with E-state index in [2.05, 4.69) is 58.4 Å². The van der Waals surface area contributed by atoms with Crippen molar-refractivity contribution < 1.29 is 9.47 Å². The number of piperazine rings is 1. The molecule has 2 aliphatic heterocycles. The SMILES string of the molecule is C(=C[C@H]1CCc2ccccc21)CCN1CCN(c2cccc3c2OCCO3)CC1. The molecule has 1 fully saturated rings. The molecule has 4 heteroatoms. The molecule has 0 saturated carbocycles. The summed E-state index contributed by atoms with van der Waals surface area (Å²) in [5.74, 6) is 2.43. The molecule has 0 aromatic heterocycles. The van der Waals surface area contributed by atoms with Gasteiger partial charge < -0.3 is 14.4 Å². The summed E-state index contributed by atoms with van der Waals surface area (Å²) < 4.78 is 11.6. The van der Waals surface area contributed by atoms with Crippen LogP contribution in [-0.4, -0.2) is 50.8 Å². The molecule has 5 rings (SSSR count). The monoisotopic (exact) mass is 390 g/mol. The van der Waals surface area contributed by atoms with E-state index in [-0.39, 0.29) is 0 Å². The average molecular weight is 391 g/mol. The Balaban J connectivity index is 1.11. The van der Waals surface area contributed by atoms with Crippen LogP contribution in [0.5, 0.6) is 11.5 Å². The van der Waals surface area contributed by atoms with Gasteiger partial charge in [0.15, 0.2) is 11.5 Å². The van der Waals surface area contributed by atoms with Crippen LogP contribution in [0.15, 0.2) is 54.6 Å². The van der Waals surface area contributed by atoms with E-state index in [4.69, 9.17) is 9.47 Å². The molecule has 1 atom stereocenters. The molecule has 1 saturated heterocycles. The number of fused-ring (bicyclic) bond motifs is 2. The maximum Gasteiger partial charge on any atom is 0.184 e. The Morgan fingerprint density at radius 1 is 0.931 bits per heavy atom. The van der Waals surface area contributed by atoms with Crippen LogP contribution in [0.3, 0.4) is 0 Å². The van der Waals surface area contributed by atoms with Crippen LogP contribution >= 0.6 is 0 Å². The van der Waals surface area contributed by atoms with Crippen molar-refractivity contribution in [3.05, 3.63) is 65.7 Å². The lowest BCUT2D eigenvalue weighted by Gasteiger charge is -2.37. The van der Waals surface area contributed by atoms with Crippen LogP contribution in [0.25, 0.3) is 0 Å². The van der Waals surface area contributed by atoms with Gasteiger partial charge in [-0.2, -0.15) is 0 Å². The molecule has 2 aromatic carbocycles. The highest BCUT2D eigenvalue weighted by Crippen LogP contribution is 2.39. The van der Waals surface area contributed by atoms with Gasteiger partial charge in [-0.3, -0.25) is 4.90 Å². The van der Waals surface area contributed by atoms with E-state index < -0.39 is 0 Å². The molecule has 2 heterocycles. The fourth-order valence-electron chi connectivity index (χ4n) is 4.83. The molecule has 2 aromatic rings. The number of nitrogens with zero attached hydrogens (tertiary/aromatic N) is 2. The Morgan fingerprint density at radius 3 is 2.72 bits per heavy atom. The molecule has 152 valence electrons. The van der Waals surface area contributed by atoms with Gasteiger partial charge in [-0.15, -0.1) is 0 Å². The number of hydrogen-bond acceptors (Lipinski definition) is 4. The van der Waals surface area contributed by atoms with Gasteiger partial charge >= 0.3 is 0 Å². The lowest BCUT2D eigenvalue weighted by molar-refractivity contribution is 0.171. The first-order chi connectivity index (χ1) is 14.4. The maximum atomic E-state index is 5.90. The number of para-hydroxylation sites is 1. The fourth-order valence-corrected chi connectivity index (χ4v) is 4.83. The Labute approximate surface area is 173 Å². The van der Waals surface area contributed by atoms with E-state index in [1.807, 2.05) is 6.07 Å². The van der Waals surface area contributed by atoms with Gasteiger partial charge in [0, 0.05) is 38.6 Å². The molecule has 4 nitrogen and oxygen atoms in total. The van der Waals surface area contributed by atoms with Crippen LogP contribution in [0.2, 0.25) is 0 Å². The first-order valence-electron chi connectivity index (χ1n) is 11.0. The smallest absolute Gasteiger partial charge is 0.184 e. The molecule has 0 radical (unpaired) electrons. The third-order valence-electron chi connectivity index (χ3n) is 6.42. The minimum atomic E-state index is 0.620. The highest BCUT2D eigenvalue weighted by molar-refractivity contribution is 5.65. The molecule has 29 heavy (non-hydrogen) atoms. The van der Waals surface area contributed by atoms with Crippen LogP contribution in [0.1, 0.15) is 29.9 Å². The number of benzene rings is 2. The summed E-state index contributed by atoms with van der Waals surface area (Å²) in [7, 11) is 0. The second kappa shape index (κ2) is 8.50. The molecular weight excluding hydrogens is 360 g/mol. The minimum Gasteiger partial charge on any atom is -0.486 e. The van der Waals surface area contributed by atoms with Crippen molar-refractivity contribution in [1.82, 2.24) is 4.90 Å². The molecule has 0 amide bonds. The molecular formula is C25H30N2O2. The molecule has 3 aliphatic rings. The second-order valence-electron chi connectivity index (χ2n) is 8.19. The largest absolute Gasteiger partial charge is 0.486 e. The predicted molar refractivity (Wildman–Crippen MR) is 117 cm³/mol. The van der Waals surface area contributed by atoms with Crippen molar-refractivity contribution >= 4 is 5.69 Å². The van der Waals surface area contributed by atoms with Gasteiger partial charge in [-0.1, -0.05) is 42.5 Å².